The summed E-state index contributed by atoms with van der Waals surface area (Å²) in [4.78, 5) is 25.2. The Labute approximate surface area is 127 Å². The highest BCUT2D eigenvalue weighted by Crippen LogP contribution is 2.52. The number of amides is 1. The summed E-state index contributed by atoms with van der Waals surface area (Å²) in [7, 11) is 0. The average Bonchev–Trinajstić information content (AvgIpc) is 2.76. The highest BCUT2D eigenvalue weighted by molar-refractivity contribution is 6.00. The SMILES string of the molecule is CC(O)[C@@H]1C(=O)N2C(C(=O)O)=C3C(OCCF)CCC[C@@H]3C12. The number of carboxylic acids is 1. The van der Waals surface area contributed by atoms with Crippen LogP contribution in [-0.4, -0.2) is 58.5 Å². The maximum atomic E-state index is 12.4. The first kappa shape index (κ1) is 15.4. The molecule has 0 bridgehead atoms. The second-order valence-electron chi connectivity index (χ2n) is 6.16. The summed E-state index contributed by atoms with van der Waals surface area (Å²) in [6, 6.07) is -0.301. The summed E-state index contributed by atoms with van der Waals surface area (Å²) >= 11 is 0. The molecule has 3 rings (SSSR count). The molecule has 3 unspecified atom stereocenters. The van der Waals surface area contributed by atoms with E-state index in [1.807, 2.05) is 0 Å². The molecule has 2 heterocycles. The predicted octanol–water partition coefficient (Wildman–Crippen LogP) is 0.701. The van der Waals surface area contributed by atoms with E-state index in [9.17, 15) is 24.2 Å². The Morgan fingerprint density at radius 1 is 1.50 bits per heavy atom. The normalized spacial score (nSPS) is 35.0. The lowest BCUT2D eigenvalue weighted by Crippen LogP contribution is -2.64. The zero-order chi connectivity index (χ0) is 16.0. The third-order valence-corrected chi connectivity index (χ3v) is 4.96. The first-order valence-electron chi connectivity index (χ1n) is 7.65. The fourth-order valence-electron chi connectivity index (χ4n) is 4.19. The number of ether oxygens (including phenoxy) is 1. The van der Waals surface area contributed by atoms with Crippen molar-refractivity contribution in [3.05, 3.63) is 11.3 Å². The summed E-state index contributed by atoms with van der Waals surface area (Å²) < 4.78 is 17.9. The van der Waals surface area contributed by atoms with Crippen molar-refractivity contribution in [2.45, 2.75) is 44.4 Å². The van der Waals surface area contributed by atoms with Crippen LogP contribution in [0.2, 0.25) is 0 Å². The van der Waals surface area contributed by atoms with E-state index < -0.39 is 30.8 Å². The monoisotopic (exact) mass is 313 g/mol. The minimum Gasteiger partial charge on any atom is -0.477 e. The van der Waals surface area contributed by atoms with Crippen molar-refractivity contribution in [2.75, 3.05) is 13.3 Å². The summed E-state index contributed by atoms with van der Waals surface area (Å²) in [5.74, 6) is -2.17. The van der Waals surface area contributed by atoms with Crippen LogP contribution in [0.3, 0.4) is 0 Å². The van der Waals surface area contributed by atoms with E-state index in [4.69, 9.17) is 4.74 Å². The van der Waals surface area contributed by atoms with Gasteiger partial charge in [-0.15, -0.1) is 0 Å². The molecule has 2 aliphatic heterocycles. The number of hydrogen-bond acceptors (Lipinski definition) is 4. The molecule has 0 aromatic carbocycles. The van der Waals surface area contributed by atoms with E-state index in [-0.39, 0.29) is 30.2 Å². The first-order chi connectivity index (χ1) is 10.5. The number of carboxylic acid groups (broad SMARTS) is 1. The molecule has 7 heteroatoms. The minimum absolute atomic E-state index is 0.0135. The molecular formula is C15H20FNO5. The van der Waals surface area contributed by atoms with Gasteiger partial charge in [0.1, 0.15) is 12.4 Å². The number of hydrogen-bond donors (Lipinski definition) is 2. The lowest BCUT2D eigenvalue weighted by atomic mass is 9.71. The fourth-order valence-corrected chi connectivity index (χ4v) is 4.19. The van der Waals surface area contributed by atoms with Gasteiger partial charge in [-0.05, 0) is 31.8 Å². The van der Waals surface area contributed by atoms with E-state index in [1.54, 1.807) is 6.92 Å². The smallest absolute Gasteiger partial charge is 0.352 e. The molecular weight excluding hydrogens is 293 g/mol. The van der Waals surface area contributed by atoms with Crippen molar-refractivity contribution in [3.63, 3.8) is 0 Å². The number of aliphatic hydroxyl groups is 1. The maximum Gasteiger partial charge on any atom is 0.352 e. The molecule has 2 fully saturated rings. The molecule has 0 aromatic heterocycles. The van der Waals surface area contributed by atoms with Gasteiger partial charge >= 0.3 is 5.97 Å². The Balaban J connectivity index is 1.97. The van der Waals surface area contributed by atoms with Gasteiger partial charge < -0.3 is 19.8 Å². The molecule has 122 valence electrons. The molecule has 22 heavy (non-hydrogen) atoms. The second-order valence-corrected chi connectivity index (χ2v) is 6.16. The average molecular weight is 313 g/mol. The van der Waals surface area contributed by atoms with Crippen molar-refractivity contribution in [2.24, 2.45) is 11.8 Å². The number of β-lactam (4-membered cyclic amide) rings is 1. The molecule has 6 nitrogen and oxygen atoms in total. The van der Waals surface area contributed by atoms with Crippen LogP contribution in [0, 0.1) is 11.8 Å². The molecule has 0 spiro atoms. The summed E-state index contributed by atoms with van der Waals surface area (Å²) in [5, 5.41) is 19.3. The molecule has 0 radical (unpaired) electrons. The van der Waals surface area contributed by atoms with Crippen molar-refractivity contribution in [1.29, 1.82) is 0 Å². The van der Waals surface area contributed by atoms with Gasteiger partial charge in [0.05, 0.1) is 30.8 Å². The van der Waals surface area contributed by atoms with Gasteiger partial charge in [-0.25, -0.2) is 9.18 Å². The Kier molecular flexibility index (Phi) is 3.94. The molecule has 1 saturated heterocycles. The molecule has 1 aliphatic carbocycles. The van der Waals surface area contributed by atoms with E-state index >= 15 is 0 Å². The van der Waals surface area contributed by atoms with Gasteiger partial charge in [-0.2, -0.15) is 0 Å². The van der Waals surface area contributed by atoms with Crippen LogP contribution in [-0.2, 0) is 14.3 Å². The van der Waals surface area contributed by atoms with Crippen molar-refractivity contribution < 1.29 is 28.9 Å². The van der Waals surface area contributed by atoms with Crippen molar-refractivity contribution >= 4 is 11.9 Å². The topological polar surface area (TPSA) is 87.1 Å². The quantitative estimate of drug-likeness (QED) is 0.730. The molecule has 1 saturated carbocycles. The molecule has 1 amide bonds. The van der Waals surface area contributed by atoms with E-state index in [0.717, 1.165) is 12.8 Å². The second kappa shape index (κ2) is 5.62. The number of fused-ring (bicyclic) bond motifs is 3. The highest BCUT2D eigenvalue weighted by atomic mass is 19.1. The van der Waals surface area contributed by atoms with Crippen LogP contribution in [0.25, 0.3) is 0 Å². The van der Waals surface area contributed by atoms with Crippen LogP contribution in [0.4, 0.5) is 4.39 Å². The van der Waals surface area contributed by atoms with Gasteiger partial charge in [0.2, 0.25) is 5.91 Å². The van der Waals surface area contributed by atoms with Crippen LogP contribution in [0.1, 0.15) is 26.2 Å². The summed E-state index contributed by atoms with van der Waals surface area (Å²) in [6.07, 6.45) is 0.975. The fraction of sp³-hybridized carbons (Fsp3) is 0.733. The maximum absolute atomic E-state index is 12.4. The number of rotatable bonds is 5. The Bertz CT molecular complexity index is 532. The van der Waals surface area contributed by atoms with Crippen molar-refractivity contribution in [1.82, 2.24) is 4.90 Å². The van der Waals surface area contributed by atoms with Crippen LogP contribution in [0.15, 0.2) is 11.3 Å². The number of carbonyl (C=O) groups is 2. The standard InChI is InChI=1S/C15H20FNO5/c1-7(18)10-12-8-3-2-4-9(22-6-5-16)11(8)13(15(20)21)17(12)14(10)19/h7-10,12,18H,2-6H2,1H3,(H,20,21)/t7?,8-,9?,10-,12?/m0/s1. The lowest BCUT2D eigenvalue weighted by Gasteiger charge is -2.47. The Hall–Kier alpha value is -1.47. The Morgan fingerprint density at radius 3 is 2.82 bits per heavy atom. The van der Waals surface area contributed by atoms with Crippen molar-refractivity contribution in [3.8, 4) is 0 Å². The van der Waals surface area contributed by atoms with E-state index in [1.165, 1.54) is 4.90 Å². The predicted molar refractivity (Wildman–Crippen MR) is 73.5 cm³/mol. The largest absolute Gasteiger partial charge is 0.477 e. The first-order valence-corrected chi connectivity index (χ1v) is 7.65. The lowest BCUT2D eigenvalue weighted by molar-refractivity contribution is -0.163. The number of halogens is 1. The molecule has 3 aliphatic rings. The number of nitrogens with zero attached hydrogens (tertiary/aromatic N) is 1. The zero-order valence-corrected chi connectivity index (χ0v) is 12.4. The third-order valence-electron chi connectivity index (χ3n) is 4.96. The van der Waals surface area contributed by atoms with Crippen LogP contribution in [0.5, 0.6) is 0 Å². The number of aliphatic carboxylic acids is 1. The highest BCUT2D eigenvalue weighted by Gasteiger charge is 2.62. The molecule has 5 atom stereocenters. The van der Waals surface area contributed by atoms with Crippen LogP contribution >= 0.6 is 0 Å². The Morgan fingerprint density at radius 2 is 2.23 bits per heavy atom. The number of aliphatic hydroxyl groups excluding tert-OH is 1. The molecule has 2 N–H and O–H groups in total. The summed E-state index contributed by atoms with van der Waals surface area (Å²) in [6.45, 7) is 0.851. The van der Waals surface area contributed by atoms with Crippen LogP contribution < -0.4 is 0 Å². The summed E-state index contributed by atoms with van der Waals surface area (Å²) in [5.41, 5.74) is 0.592. The minimum atomic E-state index is -1.16. The van der Waals surface area contributed by atoms with Gasteiger partial charge in [0.25, 0.3) is 0 Å². The van der Waals surface area contributed by atoms with Gasteiger partial charge in [-0.3, -0.25) is 4.79 Å². The van der Waals surface area contributed by atoms with Gasteiger partial charge in [0, 0.05) is 5.92 Å². The zero-order valence-electron chi connectivity index (χ0n) is 12.4. The van der Waals surface area contributed by atoms with E-state index in [2.05, 4.69) is 0 Å². The molecule has 0 aromatic rings. The third kappa shape index (κ3) is 2.06. The number of carbonyl (C=O) groups excluding carboxylic acids is 1. The number of alkyl halides is 1. The van der Waals surface area contributed by atoms with Gasteiger partial charge in [0.15, 0.2) is 0 Å². The van der Waals surface area contributed by atoms with E-state index in [0.29, 0.717) is 12.0 Å². The van der Waals surface area contributed by atoms with Gasteiger partial charge in [-0.1, -0.05) is 0 Å².